The highest BCUT2D eigenvalue weighted by molar-refractivity contribution is 5.03. The Labute approximate surface area is 92.5 Å². The molecule has 3 nitrogen and oxygen atoms in total. The number of nitrogens with one attached hydrogen (secondary N) is 1. The summed E-state index contributed by atoms with van der Waals surface area (Å²) in [6, 6.07) is 6.51. The average molecular weight is 207 g/mol. The van der Waals surface area contributed by atoms with E-state index in [9.17, 15) is 0 Å². The zero-order valence-corrected chi connectivity index (χ0v) is 9.90. The molecule has 0 saturated heterocycles. The van der Waals surface area contributed by atoms with Crippen LogP contribution in [0.4, 0.5) is 0 Å². The van der Waals surface area contributed by atoms with Crippen LogP contribution < -0.4 is 5.32 Å². The Hall–Kier alpha value is -0.930. The number of rotatable bonds is 6. The minimum absolute atomic E-state index is 0.497. The molecule has 0 bridgehead atoms. The Morgan fingerprint density at radius 2 is 2.27 bits per heavy atom. The fourth-order valence-electron chi connectivity index (χ4n) is 1.44. The first-order valence-electron chi connectivity index (χ1n) is 5.54. The molecule has 1 atom stereocenters. The minimum atomic E-state index is 0.497. The molecule has 1 unspecified atom stereocenters. The normalized spacial score (nSPS) is 13.1. The molecule has 0 aliphatic heterocycles. The van der Waals surface area contributed by atoms with Gasteiger partial charge in [-0.3, -0.25) is 4.98 Å². The van der Waals surface area contributed by atoms with Gasteiger partial charge in [-0.15, -0.1) is 0 Å². The molecule has 1 aromatic heterocycles. The van der Waals surface area contributed by atoms with Crippen LogP contribution in [-0.4, -0.2) is 36.1 Å². The van der Waals surface area contributed by atoms with E-state index in [1.165, 1.54) is 0 Å². The topological polar surface area (TPSA) is 28.2 Å². The first-order valence-corrected chi connectivity index (χ1v) is 5.54. The molecule has 0 aliphatic rings. The maximum Gasteiger partial charge on any atom is 0.0541 e. The van der Waals surface area contributed by atoms with Gasteiger partial charge in [-0.25, -0.2) is 0 Å². The van der Waals surface area contributed by atoms with Crippen LogP contribution in [-0.2, 0) is 6.54 Å². The average Bonchev–Trinajstić information content (AvgIpc) is 2.27. The van der Waals surface area contributed by atoms with Crippen LogP contribution in [0.25, 0.3) is 0 Å². The Bertz CT molecular complexity index is 261. The summed E-state index contributed by atoms with van der Waals surface area (Å²) in [5.74, 6) is 0. The van der Waals surface area contributed by atoms with Crippen LogP contribution in [0.5, 0.6) is 0 Å². The van der Waals surface area contributed by atoms with Gasteiger partial charge in [-0.2, -0.15) is 0 Å². The molecule has 1 N–H and O–H groups in total. The van der Waals surface area contributed by atoms with Crippen molar-refractivity contribution in [2.24, 2.45) is 0 Å². The van der Waals surface area contributed by atoms with E-state index in [4.69, 9.17) is 0 Å². The van der Waals surface area contributed by atoms with Gasteiger partial charge >= 0.3 is 0 Å². The Morgan fingerprint density at radius 1 is 1.47 bits per heavy atom. The van der Waals surface area contributed by atoms with Gasteiger partial charge in [0.05, 0.1) is 5.69 Å². The summed E-state index contributed by atoms with van der Waals surface area (Å²) in [6.07, 6.45) is 1.83. The largest absolute Gasteiger partial charge is 0.307 e. The lowest BCUT2D eigenvalue weighted by atomic mass is 10.3. The molecule has 1 heterocycles. The predicted octanol–water partition coefficient (Wildman–Crippen LogP) is 1.51. The van der Waals surface area contributed by atoms with E-state index < -0.39 is 0 Å². The van der Waals surface area contributed by atoms with Gasteiger partial charge in [0.1, 0.15) is 0 Å². The van der Waals surface area contributed by atoms with Crippen LogP contribution in [0.1, 0.15) is 19.5 Å². The molecule has 1 rings (SSSR count). The summed E-state index contributed by atoms with van der Waals surface area (Å²) in [7, 11) is 2.14. The Morgan fingerprint density at radius 3 is 2.87 bits per heavy atom. The van der Waals surface area contributed by atoms with E-state index in [2.05, 4.69) is 36.1 Å². The Kier molecular flexibility index (Phi) is 5.29. The zero-order valence-electron chi connectivity index (χ0n) is 9.90. The molecule has 0 fully saturated rings. The molecule has 0 aliphatic carbocycles. The molecule has 1 aromatic rings. The Balaban J connectivity index is 2.25. The molecule has 0 aromatic carbocycles. The van der Waals surface area contributed by atoms with E-state index in [1.807, 2.05) is 24.4 Å². The van der Waals surface area contributed by atoms with E-state index in [1.54, 1.807) is 0 Å². The standard InChI is InChI=1S/C12H21N3/c1-4-15(3)10-11(2)14-9-12-7-5-6-8-13-12/h5-8,11,14H,4,9-10H2,1-3H3. The van der Waals surface area contributed by atoms with E-state index >= 15 is 0 Å². The quantitative estimate of drug-likeness (QED) is 0.766. The summed E-state index contributed by atoms with van der Waals surface area (Å²) in [6.45, 7) is 7.39. The zero-order chi connectivity index (χ0) is 11.1. The molecule has 0 spiro atoms. The minimum Gasteiger partial charge on any atom is -0.307 e. The summed E-state index contributed by atoms with van der Waals surface area (Å²) < 4.78 is 0. The third kappa shape index (κ3) is 4.91. The van der Waals surface area contributed by atoms with Crippen molar-refractivity contribution in [2.75, 3.05) is 20.1 Å². The SMILES string of the molecule is CCN(C)CC(C)NCc1ccccn1. The fourth-order valence-corrected chi connectivity index (χ4v) is 1.44. The molecular weight excluding hydrogens is 186 g/mol. The molecule has 0 saturated carbocycles. The van der Waals surface area contributed by atoms with Crippen molar-refractivity contribution in [2.45, 2.75) is 26.4 Å². The van der Waals surface area contributed by atoms with Gasteiger partial charge in [-0.05, 0) is 32.6 Å². The molecule has 0 amide bonds. The lowest BCUT2D eigenvalue weighted by Gasteiger charge is -2.20. The number of hydrogen-bond donors (Lipinski definition) is 1. The lowest BCUT2D eigenvalue weighted by molar-refractivity contribution is 0.309. The van der Waals surface area contributed by atoms with Crippen molar-refractivity contribution in [1.82, 2.24) is 15.2 Å². The van der Waals surface area contributed by atoms with Crippen molar-refractivity contribution >= 4 is 0 Å². The molecule has 84 valence electrons. The van der Waals surface area contributed by atoms with Gasteiger partial charge in [0, 0.05) is 25.3 Å². The van der Waals surface area contributed by atoms with Crippen molar-refractivity contribution in [3.8, 4) is 0 Å². The lowest BCUT2D eigenvalue weighted by Crippen LogP contribution is -2.37. The summed E-state index contributed by atoms with van der Waals surface area (Å²) in [4.78, 5) is 6.58. The van der Waals surface area contributed by atoms with Gasteiger partial charge in [0.15, 0.2) is 0 Å². The van der Waals surface area contributed by atoms with Gasteiger partial charge in [0.25, 0.3) is 0 Å². The summed E-state index contributed by atoms with van der Waals surface area (Å²) >= 11 is 0. The predicted molar refractivity (Wildman–Crippen MR) is 63.7 cm³/mol. The van der Waals surface area contributed by atoms with E-state index in [0.29, 0.717) is 6.04 Å². The van der Waals surface area contributed by atoms with Crippen LogP contribution >= 0.6 is 0 Å². The molecule has 0 radical (unpaired) electrons. The third-order valence-electron chi connectivity index (χ3n) is 2.48. The second-order valence-electron chi connectivity index (χ2n) is 3.96. The number of pyridine rings is 1. The molecular formula is C12H21N3. The van der Waals surface area contributed by atoms with Crippen LogP contribution in [0, 0.1) is 0 Å². The first-order chi connectivity index (χ1) is 7.22. The molecule has 15 heavy (non-hydrogen) atoms. The fraction of sp³-hybridized carbons (Fsp3) is 0.583. The summed E-state index contributed by atoms with van der Waals surface area (Å²) in [5.41, 5.74) is 1.10. The second-order valence-corrected chi connectivity index (χ2v) is 3.96. The van der Waals surface area contributed by atoms with Gasteiger partial charge < -0.3 is 10.2 Å². The monoisotopic (exact) mass is 207 g/mol. The summed E-state index contributed by atoms with van der Waals surface area (Å²) in [5, 5.41) is 3.46. The maximum absolute atomic E-state index is 4.27. The molecule has 3 heteroatoms. The van der Waals surface area contributed by atoms with Crippen molar-refractivity contribution in [1.29, 1.82) is 0 Å². The van der Waals surface area contributed by atoms with Crippen LogP contribution in [0.15, 0.2) is 24.4 Å². The maximum atomic E-state index is 4.27. The highest BCUT2D eigenvalue weighted by Crippen LogP contribution is 1.94. The first kappa shape index (κ1) is 12.1. The van der Waals surface area contributed by atoms with Gasteiger partial charge in [-0.1, -0.05) is 13.0 Å². The van der Waals surface area contributed by atoms with Crippen LogP contribution in [0.3, 0.4) is 0 Å². The smallest absolute Gasteiger partial charge is 0.0541 e. The van der Waals surface area contributed by atoms with Gasteiger partial charge in [0.2, 0.25) is 0 Å². The van der Waals surface area contributed by atoms with E-state index in [0.717, 1.165) is 25.3 Å². The third-order valence-corrected chi connectivity index (χ3v) is 2.48. The number of nitrogens with zero attached hydrogens (tertiary/aromatic N) is 2. The number of likely N-dealkylation sites (N-methyl/N-ethyl adjacent to an activating group) is 1. The van der Waals surface area contributed by atoms with Crippen molar-refractivity contribution in [3.05, 3.63) is 30.1 Å². The van der Waals surface area contributed by atoms with Crippen molar-refractivity contribution < 1.29 is 0 Å². The van der Waals surface area contributed by atoms with Crippen LogP contribution in [0.2, 0.25) is 0 Å². The van der Waals surface area contributed by atoms with E-state index in [-0.39, 0.29) is 0 Å². The van der Waals surface area contributed by atoms with Crippen molar-refractivity contribution in [3.63, 3.8) is 0 Å². The second kappa shape index (κ2) is 6.53. The number of hydrogen-bond acceptors (Lipinski definition) is 3. The highest BCUT2D eigenvalue weighted by atomic mass is 15.1. The highest BCUT2D eigenvalue weighted by Gasteiger charge is 2.04. The number of aromatic nitrogens is 1.